The van der Waals surface area contributed by atoms with E-state index in [2.05, 4.69) is 0 Å². The Morgan fingerprint density at radius 1 is 0.295 bits per heavy atom. The quantitative estimate of drug-likeness (QED) is 0.113. The fourth-order valence-corrected chi connectivity index (χ4v) is 11.7. The van der Waals surface area contributed by atoms with Crippen molar-refractivity contribution in [1.82, 2.24) is 4.98 Å². The molecule has 4 aliphatic heterocycles. The Bertz CT molecular complexity index is 6940. The van der Waals surface area contributed by atoms with E-state index in [-0.39, 0.29) is 0 Å². The molecule has 0 unspecified atom stereocenters. The van der Waals surface area contributed by atoms with Crippen LogP contribution in [0.4, 0.5) is 91.3 Å². The summed E-state index contributed by atoms with van der Waals surface area (Å²) in [5.74, 6) is -1.94. The molecule has 0 atom stereocenters. The van der Waals surface area contributed by atoms with Crippen LogP contribution in [-0.2, 0) is 13.1 Å². The number of hydrogen-bond acceptors (Lipinski definition) is 7. The minimum Gasteiger partial charge on any atom is -0.338 e. The summed E-state index contributed by atoms with van der Waals surface area (Å²) in [6.07, 6.45) is 0. The highest BCUT2D eigenvalue weighted by Gasteiger charge is 2.49. The number of fused-ring (bicyclic) bond motifs is 8. The topological polar surface area (TPSA) is 32.3 Å². The Morgan fingerprint density at radius 2 is 0.670 bits per heavy atom. The van der Waals surface area contributed by atoms with Crippen molar-refractivity contribution in [2.45, 2.75) is 13.1 Å². The van der Waals surface area contributed by atoms with Gasteiger partial charge in [0.1, 0.15) is 11.6 Å². The van der Waals surface area contributed by atoms with Gasteiger partial charge in [0.05, 0.1) is 71.5 Å². The zero-order valence-corrected chi connectivity index (χ0v) is 44.6. The maximum atomic E-state index is 10.4. The van der Waals surface area contributed by atoms with E-state index >= 15 is 0 Å². The van der Waals surface area contributed by atoms with Gasteiger partial charge in [0.15, 0.2) is 0 Å². The summed E-state index contributed by atoms with van der Waals surface area (Å²) >= 11 is 0. The van der Waals surface area contributed by atoms with Crippen molar-refractivity contribution in [2.75, 3.05) is 29.4 Å². The third-order valence-corrected chi connectivity index (χ3v) is 15.0. The molecule has 0 aliphatic carbocycles. The molecule has 5 heterocycles. The molecule has 0 saturated heterocycles. The molecule has 414 valence electrons. The SMILES string of the molecule is [2H]c1c([2H])c([2H])c(CN2c3cc4c(cc3B3c5c2cc(N(c2c([2H])c([2H])c([2H])c([2H])c2[2H])c2c([2H])c([2H])c([2H])c([2H])c2[2H])cc5N(c2c([2H])c([2H])c([2H])c([2H])c2[2H])c2c([2H])c([2H])c([2H])c([2H])c23)B2c3c(cc(N(c5c([2H])c([2H])c([2H])c([2H])c5[2H])c5c([2H])c([2H])c([2H])c([2H])c5[2H])nc3N(c3c([2H])c([2H])c([2H])c([2H])c3[2H])c3c([2H])c([2H])c([2H])c([2H])c32)N4Cc2c([2H])c([2H])c([2H])c([2H])c2[2H])c([2H])c1[2H]. The van der Waals surface area contributed by atoms with Gasteiger partial charge in [-0.1, -0.05) is 212 Å². The van der Waals surface area contributed by atoms with Gasteiger partial charge in [-0.25, -0.2) is 4.98 Å². The molecule has 7 nitrogen and oxygen atoms in total. The number of pyridine rings is 1. The van der Waals surface area contributed by atoms with Crippen molar-refractivity contribution < 1.29 is 65.8 Å². The predicted molar refractivity (Wildman–Crippen MR) is 370 cm³/mol. The van der Waals surface area contributed by atoms with Gasteiger partial charge < -0.3 is 19.6 Å². The number of aromatic nitrogens is 1. The van der Waals surface area contributed by atoms with Crippen molar-refractivity contribution in [3.05, 3.63) is 331 Å². The van der Waals surface area contributed by atoms with Crippen LogP contribution in [0, 0.1) is 0 Å². The second-order valence-electron chi connectivity index (χ2n) is 19.6. The van der Waals surface area contributed by atoms with Crippen LogP contribution < -0.4 is 62.2 Å². The molecule has 1 aromatic heterocycles. The van der Waals surface area contributed by atoms with E-state index in [4.69, 9.17) is 21.4 Å². The van der Waals surface area contributed by atoms with Crippen LogP contribution in [-0.4, -0.2) is 18.4 Å². The van der Waals surface area contributed by atoms with Gasteiger partial charge in [0, 0.05) is 93.1 Å². The fourth-order valence-electron chi connectivity index (χ4n) is 11.7. The molecule has 0 amide bonds. The van der Waals surface area contributed by atoms with Crippen molar-refractivity contribution in [3.63, 3.8) is 0 Å². The molecule has 0 spiro atoms. The molecule has 9 heteroatoms. The number of benzene rings is 12. The minimum atomic E-state index is -2.15. The fraction of sp³-hybridized carbons (Fsp3) is 0.0253. The van der Waals surface area contributed by atoms with Crippen molar-refractivity contribution in [3.8, 4) is 0 Å². The Hall–Kier alpha value is -11.3. The average molecular weight is 1170 g/mol. The zero-order valence-electron chi connectivity index (χ0n) is 92.6. The molecular formula is C79H57B2N7. The number of hydrogen-bond donors (Lipinski definition) is 0. The van der Waals surface area contributed by atoms with Crippen LogP contribution in [0.1, 0.15) is 76.9 Å². The summed E-state index contributed by atoms with van der Waals surface area (Å²) in [6.45, 7) is -6.63. The first kappa shape index (κ1) is 22.2. The van der Waals surface area contributed by atoms with Crippen LogP contribution in [0.2, 0.25) is 0 Å². The Labute approximate surface area is 582 Å². The molecule has 0 radical (unpaired) electrons. The third-order valence-electron chi connectivity index (χ3n) is 15.0. The highest BCUT2D eigenvalue weighted by atomic mass is 15.3. The van der Waals surface area contributed by atoms with Crippen LogP contribution >= 0.6 is 0 Å². The van der Waals surface area contributed by atoms with E-state index in [0.29, 0.717) is 14.7 Å². The summed E-state index contributed by atoms with van der Waals surface area (Å²) in [5, 5.41) is 0. The van der Waals surface area contributed by atoms with Gasteiger partial charge in [0.2, 0.25) is 0 Å². The Balaban J connectivity index is 1.15. The highest BCUT2D eigenvalue weighted by molar-refractivity contribution is 7.03. The van der Waals surface area contributed by atoms with Gasteiger partial charge >= 0.3 is 0 Å². The van der Waals surface area contributed by atoms with Gasteiger partial charge in [-0.3, -0.25) is 9.80 Å². The second kappa shape index (κ2) is 21.3. The van der Waals surface area contributed by atoms with Gasteiger partial charge in [-0.2, -0.15) is 0 Å². The zero-order chi connectivity index (χ0) is 99.8. The normalized spacial score (nSPS) is 20.6. The molecule has 0 fully saturated rings. The number of anilines is 16. The lowest BCUT2D eigenvalue weighted by atomic mass is 9.30. The van der Waals surface area contributed by atoms with Gasteiger partial charge in [-0.15, -0.1) is 0 Å². The maximum absolute atomic E-state index is 10.4. The molecule has 17 rings (SSSR count). The lowest BCUT2D eigenvalue weighted by molar-refractivity contribution is 0.960. The molecule has 0 saturated carbocycles. The van der Waals surface area contributed by atoms with Crippen molar-refractivity contribution >= 4 is 137 Å². The Kier molecular flexibility index (Phi) is 5.39. The molecule has 13 aromatic rings. The first-order valence-corrected chi connectivity index (χ1v) is 26.5. The van der Waals surface area contributed by atoms with Crippen molar-refractivity contribution in [2.24, 2.45) is 0 Å². The van der Waals surface area contributed by atoms with E-state index < -0.39 is 452 Å². The average Bonchev–Trinajstić information content (AvgIpc) is 0.673. The monoisotopic (exact) mass is 1170 g/mol. The molecule has 0 N–H and O–H groups in total. The Morgan fingerprint density at radius 3 is 1.16 bits per heavy atom. The smallest absolute Gasteiger partial charge is 0.254 e. The molecule has 12 aromatic carbocycles. The predicted octanol–water partition coefficient (Wildman–Crippen LogP) is 15.9. The highest BCUT2D eigenvalue weighted by Crippen LogP contribution is 2.50. The van der Waals surface area contributed by atoms with E-state index in [1.807, 2.05) is 0 Å². The van der Waals surface area contributed by atoms with E-state index in [0.717, 1.165) is 39.0 Å². The molecular weight excluding hydrogens is 1070 g/mol. The van der Waals surface area contributed by atoms with Crippen LogP contribution in [0.25, 0.3) is 0 Å². The van der Waals surface area contributed by atoms with E-state index in [9.17, 15) is 49.3 Å². The van der Waals surface area contributed by atoms with E-state index in [1.54, 1.807) is 0 Å². The number of rotatable bonds is 12. The molecule has 0 bridgehead atoms. The third kappa shape index (κ3) is 8.49. The molecule has 88 heavy (non-hydrogen) atoms. The lowest BCUT2D eigenvalue weighted by Crippen LogP contribution is -2.65. The first-order chi connectivity index (χ1) is 63.6. The summed E-state index contributed by atoms with van der Waals surface area (Å²) in [7, 11) is 0. The van der Waals surface area contributed by atoms with E-state index in [1.165, 1.54) is 6.07 Å². The first-order valence-electron chi connectivity index (χ1n) is 50.5. The standard InChI is InChI=1S/C79H57B2N7/c1-9-29-56(30-10-1)54-83-71-52-72-68(51-67(71)80-65-45-25-27-47-69(65)87(62-41-21-7-22-42-62)75-50-64(49-73(83)77(75)80)85(58-33-13-3-14-34-58)59-35-15-4-16-36-59)81-66-46-26-28-48-70(66)88(63-43-23-8-24-44-63)79-78(81)74(84(72)55-57-31-11-2-12-32-57)53-76(82-79)86(60-37-17-5-18-38-60)61-39-19-6-20-40-61/h1-53H,54-55H2/i1D,2D,3D,4D,5D,6D,7D,8D,9D,10D,11D,12D,13D,14D,15D,16D,17D,18D,19D,20D,21D,22D,23D,24D,25D,26D,27D,28D,29D,30D,31D,32D,33D,34D,35D,36D,37D,38D,39D,40D,41D,42D,43D,44D,45D,46D,47D,48D. The van der Waals surface area contributed by atoms with Gasteiger partial charge in [-0.05, 0) is 147 Å². The number of para-hydroxylation sites is 8. The largest absolute Gasteiger partial charge is 0.338 e. The number of nitrogens with zero attached hydrogens (tertiary/aromatic N) is 7. The summed E-state index contributed by atoms with van der Waals surface area (Å²) < 4.78 is 454. The van der Waals surface area contributed by atoms with Crippen LogP contribution in [0.3, 0.4) is 0 Å². The van der Waals surface area contributed by atoms with Crippen LogP contribution in [0.15, 0.2) is 320 Å². The summed E-state index contributed by atoms with van der Waals surface area (Å²) in [5.41, 5.74) is -16.3. The van der Waals surface area contributed by atoms with Crippen molar-refractivity contribution in [1.29, 1.82) is 0 Å². The maximum Gasteiger partial charge on any atom is 0.254 e. The van der Waals surface area contributed by atoms with Crippen LogP contribution in [0.5, 0.6) is 0 Å². The summed E-state index contributed by atoms with van der Waals surface area (Å²) in [4.78, 5) is 9.74. The summed E-state index contributed by atoms with van der Waals surface area (Å²) in [6, 6.07) is -48.2. The van der Waals surface area contributed by atoms with Gasteiger partial charge in [0.25, 0.3) is 13.4 Å². The lowest BCUT2D eigenvalue weighted by Gasteiger charge is -2.47. The molecule has 4 aliphatic rings. The minimum absolute atomic E-state index is 0.394. The second-order valence-corrected chi connectivity index (χ2v) is 19.6.